The number of halogens is 1. The monoisotopic (exact) mass is 356 g/mol. The van der Waals surface area contributed by atoms with Gasteiger partial charge >= 0.3 is 0 Å². The molecule has 0 saturated heterocycles. The second-order valence-corrected chi connectivity index (χ2v) is 6.67. The van der Waals surface area contributed by atoms with Crippen molar-refractivity contribution < 1.29 is 19.2 Å². The molecule has 0 radical (unpaired) electrons. The number of carbonyl (C=O) groups is 2. The zero-order chi connectivity index (χ0) is 18.1. The Kier molecular flexibility index (Phi) is 8.57. The number of benzene rings is 1. The Morgan fingerprint density at radius 1 is 1.25 bits per heavy atom. The molecular weight excluding hydrogens is 330 g/mol. The maximum absolute atomic E-state index is 12.1. The normalized spacial score (nSPS) is 11.9. The van der Waals surface area contributed by atoms with Gasteiger partial charge in [-0.2, -0.15) is 0 Å². The molecule has 0 fully saturated rings. The van der Waals surface area contributed by atoms with Crippen LogP contribution in [0.1, 0.15) is 20.3 Å². The largest absolute Gasteiger partial charge is 0.495 e. The summed E-state index contributed by atoms with van der Waals surface area (Å²) in [6.45, 7) is 5.30. The van der Waals surface area contributed by atoms with Gasteiger partial charge in [-0.3, -0.25) is 9.59 Å². The third kappa shape index (κ3) is 7.66. The lowest BCUT2D eigenvalue weighted by Gasteiger charge is -2.15. The first kappa shape index (κ1) is 20.3. The molecule has 1 atom stereocenters. The number of likely N-dealkylation sites (N-methyl/N-ethyl adjacent to an activating group) is 1. The van der Waals surface area contributed by atoms with Crippen molar-refractivity contribution in [2.75, 3.05) is 39.1 Å². The van der Waals surface area contributed by atoms with E-state index >= 15 is 0 Å². The highest BCUT2D eigenvalue weighted by molar-refractivity contribution is 6.31. The van der Waals surface area contributed by atoms with E-state index in [1.54, 1.807) is 25.2 Å². The van der Waals surface area contributed by atoms with Gasteiger partial charge in [0.25, 0.3) is 11.8 Å². The zero-order valence-corrected chi connectivity index (χ0v) is 15.5. The summed E-state index contributed by atoms with van der Waals surface area (Å²) in [5, 5.41) is 6.14. The van der Waals surface area contributed by atoms with E-state index in [2.05, 4.69) is 24.5 Å². The minimum absolute atomic E-state index is 0.0544. The predicted octanol–water partition coefficient (Wildman–Crippen LogP) is 0.964. The number of amides is 2. The van der Waals surface area contributed by atoms with Crippen molar-refractivity contribution in [2.24, 2.45) is 5.92 Å². The molecule has 1 aromatic carbocycles. The van der Waals surface area contributed by atoms with Crippen molar-refractivity contribution >= 4 is 29.1 Å². The Morgan fingerprint density at radius 3 is 2.54 bits per heavy atom. The Labute approximate surface area is 148 Å². The van der Waals surface area contributed by atoms with E-state index in [0.717, 1.165) is 11.3 Å². The highest BCUT2D eigenvalue weighted by atomic mass is 35.5. The van der Waals surface area contributed by atoms with Gasteiger partial charge in [0.1, 0.15) is 5.75 Å². The summed E-state index contributed by atoms with van der Waals surface area (Å²) in [6.07, 6.45) is 0.944. The van der Waals surface area contributed by atoms with Crippen LogP contribution in [0.15, 0.2) is 18.2 Å². The average Bonchev–Trinajstić information content (AvgIpc) is 2.46. The van der Waals surface area contributed by atoms with Crippen LogP contribution in [0.25, 0.3) is 0 Å². The van der Waals surface area contributed by atoms with Gasteiger partial charge in [0.2, 0.25) is 0 Å². The number of methoxy groups -OCH3 is 1. The van der Waals surface area contributed by atoms with Crippen molar-refractivity contribution in [1.29, 1.82) is 0 Å². The Bertz CT molecular complexity index is 564. The first-order chi connectivity index (χ1) is 11.3. The molecule has 0 aromatic heterocycles. The molecule has 1 rings (SSSR count). The minimum atomic E-state index is -0.206. The maximum Gasteiger partial charge on any atom is 0.279 e. The highest BCUT2D eigenvalue weighted by Crippen LogP contribution is 2.27. The van der Waals surface area contributed by atoms with E-state index in [4.69, 9.17) is 16.3 Å². The third-order valence-electron chi connectivity index (χ3n) is 3.40. The first-order valence-electron chi connectivity index (χ1n) is 8.03. The van der Waals surface area contributed by atoms with Crippen LogP contribution in [0.3, 0.4) is 0 Å². The Morgan fingerprint density at radius 2 is 1.92 bits per heavy atom. The predicted molar refractivity (Wildman–Crippen MR) is 95.7 cm³/mol. The topological polar surface area (TPSA) is 71.9 Å². The summed E-state index contributed by atoms with van der Waals surface area (Å²) in [5.41, 5.74) is 0.518. The summed E-state index contributed by atoms with van der Waals surface area (Å²) in [6, 6.07) is 5.01. The average molecular weight is 357 g/mol. The highest BCUT2D eigenvalue weighted by Gasteiger charge is 2.15. The van der Waals surface area contributed by atoms with Gasteiger partial charge in [-0.25, -0.2) is 0 Å². The molecule has 1 aromatic rings. The molecule has 0 saturated carbocycles. The smallest absolute Gasteiger partial charge is 0.279 e. The van der Waals surface area contributed by atoms with Crippen molar-refractivity contribution in [1.82, 2.24) is 5.32 Å². The van der Waals surface area contributed by atoms with Gasteiger partial charge in [0.05, 0.1) is 19.8 Å². The summed E-state index contributed by atoms with van der Waals surface area (Å²) in [7, 11) is 3.33. The van der Waals surface area contributed by atoms with Crippen molar-refractivity contribution in [2.45, 2.75) is 20.3 Å². The second kappa shape index (κ2) is 10.2. The van der Waals surface area contributed by atoms with Crippen LogP contribution in [-0.2, 0) is 9.59 Å². The number of hydrogen-bond acceptors (Lipinski definition) is 3. The maximum atomic E-state index is 12.1. The fourth-order valence-corrected chi connectivity index (χ4v) is 2.32. The lowest BCUT2D eigenvalue weighted by atomic mass is 10.1. The number of ether oxygens (including phenoxy) is 1. The third-order valence-corrected chi connectivity index (χ3v) is 3.64. The van der Waals surface area contributed by atoms with E-state index in [-0.39, 0.29) is 24.9 Å². The van der Waals surface area contributed by atoms with Crippen molar-refractivity contribution in [3.8, 4) is 5.75 Å². The van der Waals surface area contributed by atoms with Gasteiger partial charge in [0.15, 0.2) is 13.1 Å². The van der Waals surface area contributed by atoms with Gasteiger partial charge in [-0.15, -0.1) is 0 Å². The van der Waals surface area contributed by atoms with E-state index < -0.39 is 0 Å². The van der Waals surface area contributed by atoms with Crippen LogP contribution in [-0.4, -0.2) is 45.6 Å². The molecule has 0 aliphatic carbocycles. The van der Waals surface area contributed by atoms with Crippen LogP contribution in [0.4, 0.5) is 5.69 Å². The lowest BCUT2D eigenvalue weighted by Crippen LogP contribution is -3.11. The number of nitrogens with one attached hydrogen (secondary N) is 3. The number of quaternary nitrogens is 1. The lowest BCUT2D eigenvalue weighted by molar-refractivity contribution is -0.862. The molecule has 134 valence electrons. The summed E-state index contributed by atoms with van der Waals surface area (Å²) < 4.78 is 5.19. The van der Waals surface area contributed by atoms with Crippen molar-refractivity contribution in [3.63, 3.8) is 0 Å². The van der Waals surface area contributed by atoms with E-state index in [1.165, 1.54) is 7.11 Å². The van der Waals surface area contributed by atoms with Gasteiger partial charge in [0, 0.05) is 11.6 Å². The molecule has 0 bridgehead atoms. The molecule has 0 heterocycles. The Balaban J connectivity index is 2.44. The SMILES string of the molecule is COc1ccc(Cl)cc1NC(=O)C[NH+](C)CC(=O)NCCC(C)C. The van der Waals surface area contributed by atoms with Crippen LogP contribution in [0, 0.1) is 5.92 Å². The summed E-state index contributed by atoms with van der Waals surface area (Å²) in [5.74, 6) is 0.829. The molecule has 6 nitrogen and oxygen atoms in total. The van der Waals surface area contributed by atoms with E-state index in [9.17, 15) is 9.59 Å². The molecule has 0 aliphatic heterocycles. The van der Waals surface area contributed by atoms with Gasteiger partial charge < -0.3 is 20.3 Å². The van der Waals surface area contributed by atoms with E-state index in [0.29, 0.717) is 28.9 Å². The molecule has 24 heavy (non-hydrogen) atoms. The van der Waals surface area contributed by atoms with Crippen LogP contribution < -0.4 is 20.3 Å². The second-order valence-electron chi connectivity index (χ2n) is 6.24. The number of anilines is 1. The molecule has 1 unspecified atom stereocenters. The number of hydrogen-bond donors (Lipinski definition) is 3. The zero-order valence-electron chi connectivity index (χ0n) is 14.7. The first-order valence-corrected chi connectivity index (χ1v) is 8.41. The molecule has 2 amide bonds. The Hall–Kier alpha value is -1.79. The van der Waals surface area contributed by atoms with Gasteiger partial charge in [-0.1, -0.05) is 25.4 Å². The minimum Gasteiger partial charge on any atom is -0.495 e. The molecule has 0 spiro atoms. The van der Waals surface area contributed by atoms with Crippen molar-refractivity contribution in [3.05, 3.63) is 23.2 Å². The summed E-state index contributed by atoms with van der Waals surface area (Å²) in [4.78, 5) is 24.7. The molecular formula is C17H27ClN3O3+. The molecule has 3 N–H and O–H groups in total. The molecule has 7 heteroatoms. The van der Waals surface area contributed by atoms with Crippen LogP contribution in [0.5, 0.6) is 5.75 Å². The number of carbonyl (C=O) groups excluding carboxylic acids is 2. The number of rotatable bonds is 9. The fourth-order valence-electron chi connectivity index (χ4n) is 2.15. The summed E-state index contributed by atoms with van der Waals surface area (Å²) >= 11 is 5.94. The van der Waals surface area contributed by atoms with Gasteiger partial charge in [-0.05, 0) is 30.5 Å². The van der Waals surface area contributed by atoms with Crippen LogP contribution >= 0.6 is 11.6 Å². The quantitative estimate of drug-likeness (QED) is 0.617. The van der Waals surface area contributed by atoms with E-state index in [1.807, 2.05) is 0 Å². The van der Waals surface area contributed by atoms with Crippen LogP contribution in [0.2, 0.25) is 5.02 Å². The molecule has 0 aliphatic rings. The fraction of sp³-hybridized carbons (Fsp3) is 0.529. The standard InChI is InChI=1S/C17H26ClN3O3/c1-12(2)7-8-19-16(22)10-21(3)11-17(23)20-14-9-13(18)5-6-15(14)24-4/h5-6,9,12H,7-8,10-11H2,1-4H3,(H,19,22)(H,20,23)/p+1.